The zero-order valence-corrected chi connectivity index (χ0v) is 17.5. The van der Waals surface area contributed by atoms with E-state index in [1.807, 2.05) is 49.1 Å². The number of hydrogen-bond donors (Lipinski definition) is 1. The van der Waals surface area contributed by atoms with Crippen LogP contribution in [0.1, 0.15) is 54.1 Å². The van der Waals surface area contributed by atoms with Crippen molar-refractivity contribution in [3.63, 3.8) is 0 Å². The molecule has 1 saturated heterocycles. The van der Waals surface area contributed by atoms with Crippen LogP contribution in [0.5, 0.6) is 5.75 Å². The molecule has 0 aromatic heterocycles. The second-order valence-corrected chi connectivity index (χ2v) is 7.75. The maximum absolute atomic E-state index is 13.0. The molecule has 3 rings (SSSR count). The molecule has 0 spiro atoms. The fraction of sp³-hybridized carbons (Fsp3) is 0.417. The Bertz CT molecular complexity index is 870. The molecule has 1 heterocycles. The number of carbonyl (C=O) groups excluding carboxylic acids is 2. The van der Waals surface area contributed by atoms with Gasteiger partial charge in [-0.05, 0) is 69.0 Å². The van der Waals surface area contributed by atoms with Gasteiger partial charge >= 0.3 is 0 Å². The molecule has 1 fully saturated rings. The van der Waals surface area contributed by atoms with Gasteiger partial charge in [-0.1, -0.05) is 31.0 Å². The van der Waals surface area contributed by atoms with Crippen molar-refractivity contribution in [2.75, 3.05) is 18.4 Å². The van der Waals surface area contributed by atoms with E-state index in [0.717, 1.165) is 44.3 Å². The van der Waals surface area contributed by atoms with E-state index >= 15 is 0 Å². The van der Waals surface area contributed by atoms with Gasteiger partial charge in [0.05, 0.1) is 11.3 Å². The molecule has 0 aliphatic carbocycles. The Hall–Kier alpha value is -2.82. The van der Waals surface area contributed by atoms with Gasteiger partial charge in [-0.3, -0.25) is 9.59 Å². The molecule has 29 heavy (non-hydrogen) atoms. The Morgan fingerprint density at radius 1 is 0.966 bits per heavy atom. The summed E-state index contributed by atoms with van der Waals surface area (Å²) >= 11 is 0. The fourth-order valence-corrected chi connectivity index (χ4v) is 3.50. The molecule has 0 radical (unpaired) electrons. The number of ether oxygens (including phenoxy) is 1. The molecule has 0 bridgehead atoms. The summed E-state index contributed by atoms with van der Waals surface area (Å²) in [4.78, 5) is 27.6. The number of carbonyl (C=O) groups is 2. The molecular weight excluding hydrogens is 364 g/mol. The van der Waals surface area contributed by atoms with E-state index in [4.69, 9.17) is 4.74 Å². The van der Waals surface area contributed by atoms with Crippen LogP contribution in [-0.4, -0.2) is 35.9 Å². The number of para-hydroxylation sites is 1. The first kappa shape index (κ1) is 20.9. The summed E-state index contributed by atoms with van der Waals surface area (Å²) in [5.41, 5.74) is 3.35. The smallest absolute Gasteiger partial charge is 0.265 e. The van der Waals surface area contributed by atoms with Crippen molar-refractivity contribution < 1.29 is 14.3 Å². The number of amides is 2. The minimum absolute atomic E-state index is 0.0227. The lowest BCUT2D eigenvalue weighted by Gasteiger charge is -2.22. The van der Waals surface area contributed by atoms with E-state index in [1.165, 1.54) is 5.56 Å². The van der Waals surface area contributed by atoms with E-state index in [-0.39, 0.29) is 11.8 Å². The zero-order valence-electron chi connectivity index (χ0n) is 17.5. The minimum atomic E-state index is -0.682. The van der Waals surface area contributed by atoms with E-state index < -0.39 is 6.10 Å². The largest absolute Gasteiger partial charge is 0.481 e. The second kappa shape index (κ2) is 9.59. The van der Waals surface area contributed by atoms with E-state index in [9.17, 15) is 9.59 Å². The van der Waals surface area contributed by atoms with Gasteiger partial charge in [-0.15, -0.1) is 0 Å². The van der Waals surface area contributed by atoms with Crippen molar-refractivity contribution in [2.24, 2.45) is 0 Å². The van der Waals surface area contributed by atoms with Gasteiger partial charge in [0.25, 0.3) is 11.8 Å². The number of nitrogens with zero attached hydrogens (tertiary/aromatic N) is 1. The Balaban J connectivity index is 1.69. The molecule has 154 valence electrons. The molecule has 1 N–H and O–H groups in total. The van der Waals surface area contributed by atoms with Crippen LogP contribution in [-0.2, 0) is 4.79 Å². The summed E-state index contributed by atoms with van der Waals surface area (Å²) in [5.74, 6) is 0.356. The maximum Gasteiger partial charge on any atom is 0.265 e. The topological polar surface area (TPSA) is 58.6 Å². The number of benzene rings is 2. The number of hydrogen-bond acceptors (Lipinski definition) is 3. The molecule has 0 saturated carbocycles. The lowest BCUT2D eigenvalue weighted by atomic mass is 10.1. The van der Waals surface area contributed by atoms with E-state index in [0.29, 0.717) is 17.0 Å². The highest BCUT2D eigenvalue weighted by molar-refractivity contribution is 6.04. The van der Waals surface area contributed by atoms with E-state index in [2.05, 4.69) is 5.32 Å². The Morgan fingerprint density at radius 3 is 2.34 bits per heavy atom. The summed E-state index contributed by atoms with van der Waals surface area (Å²) in [7, 11) is 0. The third-order valence-corrected chi connectivity index (χ3v) is 5.47. The lowest BCUT2D eigenvalue weighted by molar-refractivity contribution is -0.122. The van der Waals surface area contributed by atoms with Crippen LogP contribution in [0, 0.1) is 13.8 Å². The summed E-state index contributed by atoms with van der Waals surface area (Å²) in [6.45, 7) is 7.30. The Morgan fingerprint density at radius 2 is 1.66 bits per heavy atom. The van der Waals surface area contributed by atoms with Crippen molar-refractivity contribution >= 4 is 17.5 Å². The third-order valence-electron chi connectivity index (χ3n) is 5.47. The SMILES string of the molecule is Cc1ccc(O[C@@H](C)C(=O)Nc2ccccc2C(=O)N2CCCCCC2)cc1C. The predicted molar refractivity (Wildman–Crippen MR) is 115 cm³/mol. The van der Waals surface area contributed by atoms with Gasteiger partial charge in [-0.25, -0.2) is 0 Å². The van der Waals surface area contributed by atoms with Crippen LogP contribution in [0.25, 0.3) is 0 Å². The Labute approximate surface area is 173 Å². The van der Waals surface area contributed by atoms with Crippen molar-refractivity contribution in [3.05, 3.63) is 59.2 Å². The molecule has 5 nitrogen and oxygen atoms in total. The van der Waals surface area contributed by atoms with Crippen molar-refractivity contribution in [3.8, 4) is 5.75 Å². The lowest BCUT2D eigenvalue weighted by Crippen LogP contribution is -2.34. The first-order chi connectivity index (χ1) is 14.0. The second-order valence-electron chi connectivity index (χ2n) is 7.75. The number of rotatable bonds is 5. The maximum atomic E-state index is 13.0. The highest BCUT2D eigenvalue weighted by Crippen LogP contribution is 2.21. The normalized spacial score (nSPS) is 15.3. The van der Waals surface area contributed by atoms with Gasteiger partial charge in [0, 0.05) is 13.1 Å². The zero-order chi connectivity index (χ0) is 20.8. The highest BCUT2D eigenvalue weighted by atomic mass is 16.5. The predicted octanol–water partition coefficient (Wildman–Crippen LogP) is 4.73. The third kappa shape index (κ3) is 5.37. The average Bonchev–Trinajstić information content (AvgIpc) is 3.00. The standard InChI is InChI=1S/C24H30N2O3/c1-17-12-13-20(16-18(17)2)29-19(3)23(27)25-22-11-7-6-10-21(22)24(28)26-14-8-4-5-9-15-26/h6-7,10-13,16,19H,4-5,8-9,14-15H2,1-3H3,(H,25,27)/t19-/m0/s1. The van der Waals surface area contributed by atoms with E-state index in [1.54, 1.807) is 19.1 Å². The van der Waals surface area contributed by atoms with Crippen molar-refractivity contribution in [1.29, 1.82) is 0 Å². The van der Waals surface area contributed by atoms with Crippen LogP contribution in [0.4, 0.5) is 5.69 Å². The van der Waals surface area contributed by atoms with Gasteiger partial charge in [0.2, 0.25) is 0 Å². The number of likely N-dealkylation sites (tertiary alicyclic amines) is 1. The first-order valence-electron chi connectivity index (χ1n) is 10.4. The van der Waals surface area contributed by atoms with Gasteiger partial charge in [0.1, 0.15) is 5.75 Å². The molecule has 0 unspecified atom stereocenters. The van der Waals surface area contributed by atoms with Crippen LogP contribution < -0.4 is 10.1 Å². The van der Waals surface area contributed by atoms with Crippen LogP contribution in [0.15, 0.2) is 42.5 Å². The molecule has 1 aliphatic rings. The molecule has 5 heteroatoms. The van der Waals surface area contributed by atoms with Gasteiger partial charge in [-0.2, -0.15) is 0 Å². The molecule has 2 aromatic carbocycles. The monoisotopic (exact) mass is 394 g/mol. The van der Waals surface area contributed by atoms with Crippen molar-refractivity contribution in [1.82, 2.24) is 4.90 Å². The summed E-state index contributed by atoms with van der Waals surface area (Å²) in [5, 5.41) is 2.88. The summed E-state index contributed by atoms with van der Waals surface area (Å²) in [6, 6.07) is 13.0. The first-order valence-corrected chi connectivity index (χ1v) is 10.4. The van der Waals surface area contributed by atoms with Crippen LogP contribution in [0.3, 0.4) is 0 Å². The quantitative estimate of drug-likeness (QED) is 0.798. The molecule has 1 aliphatic heterocycles. The number of anilines is 1. The fourth-order valence-electron chi connectivity index (χ4n) is 3.50. The molecule has 2 amide bonds. The minimum Gasteiger partial charge on any atom is -0.481 e. The molecular formula is C24H30N2O3. The van der Waals surface area contributed by atoms with Crippen molar-refractivity contribution in [2.45, 2.75) is 52.6 Å². The molecule has 2 aromatic rings. The van der Waals surface area contributed by atoms with Crippen LogP contribution in [0.2, 0.25) is 0 Å². The summed E-state index contributed by atoms with van der Waals surface area (Å²) in [6.07, 6.45) is 3.70. The summed E-state index contributed by atoms with van der Waals surface area (Å²) < 4.78 is 5.81. The molecule has 1 atom stereocenters. The van der Waals surface area contributed by atoms with Gasteiger partial charge < -0.3 is 15.0 Å². The highest BCUT2D eigenvalue weighted by Gasteiger charge is 2.22. The Kier molecular flexibility index (Phi) is 6.91. The number of nitrogens with one attached hydrogen (secondary N) is 1. The van der Waals surface area contributed by atoms with Crippen LogP contribution >= 0.6 is 0 Å². The van der Waals surface area contributed by atoms with Gasteiger partial charge in [0.15, 0.2) is 6.10 Å². The average molecular weight is 395 g/mol. The number of aryl methyl sites for hydroxylation is 2.